The molecule has 0 saturated carbocycles. The number of halogens is 1. The number of methoxy groups -OCH3 is 1. The van der Waals surface area contributed by atoms with Crippen molar-refractivity contribution in [1.82, 2.24) is 9.97 Å². The third kappa shape index (κ3) is 3.18. The molecule has 3 aromatic carbocycles. The van der Waals surface area contributed by atoms with E-state index >= 15 is 0 Å². The number of nitrogens with one attached hydrogen (secondary N) is 1. The Kier molecular flexibility index (Phi) is 4.40. The van der Waals surface area contributed by atoms with Crippen molar-refractivity contribution >= 4 is 33.6 Å². The van der Waals surface area contributed by atoms with Gasteiger partial charge in [0.15, 0.2) is 0 Å². The summed E-state index contributed by atoms with van der Waals surface area (Å²) in [5.74, 6) is -0.702. The van der Waals surface area contributed by atoms with Crippen LogP contribution in [0.3, 0.4) is 0 Å². The number of hydrogen-bond acceptors (Lipinski definition) is 4. The van der Waals surface area contributed by atoms with E-state index in [1.165, 1.54) is 19.2 Å². The van der Waals surface area contributed by atoms with Gasteiger partial charge in [-0.2, -0.15) is 0 Å². The Morgan fingerprint density at radius 3 is 2.42 bits per heavy atom. The highest BCUT2D eigenvalue weighted by atomic mass is 19.1. The lowest BCUT2D eigenvalue weighted by Gasteiger charge is -2.13. The summed E-state index contributed by atoms with van der Waals surface area (Å²) in [6, 6.07) is 19.2. The molecule has 0 spiro atoms. The molecule has 2 heterocycles. The Morgan fingerprint density at radius 1 is 1.00 bits per heavy atom. The molecule has 0 fully saturated rings. The molecule has 3 N–H and O–H groups in total. The zero-order chi connectivity index (χ0) is 21.5. The molecule has 0 aliphatic heterocycles. The van der Waals surface area contributed by atoms with Gasteiger partial charge in [-0.25, -0.2) is 14.2 Å². The summed E-state index contributed by atoms with van der Waals surface area (Å²) in [6.45, 7) is 0. The Labute approximate surface area is 177 Å². The average Bonchev–Trinajstić information content (AvgIpc) is 3.16. The molecule has 0 aliphatic carbocycles. The molecule has 5 aromatic rings. The number of esters is 1. The van der Waals surface area contributed by atoms with Crippen LogP contribution in [0.15, 0.2) is 72.9 Å². The molecule has 0 aliphatic rings. The van der Waals surface area contributed by atoms with E-state index in [4.69, 9.17) is 10.5 Å². The third-order valence-corrected chi connectivity index (χ3v) is 5.39. The van der Waals surface area contributed by atoms with Gasteiger partial charge in [-0.3, -0.25) is 0 Å². The number of hydrogen-bond donors (Lipinski definition) is 2. The van der Waals surface area contributed by atoms with Crippen LogP contribution < -0.4 is 5.73 Å². The standard InChI is InChI=1S/C25H18FN3O2/c1-31-25(30)16-4-2-14(3-5-16)20-13-28-24-23(19-12-18(27)10-11-21(19)29-24)22(20)15-6-8-17(26)9-7-15/h2-13H,27H2,1H3,(H,28,29). The van der Waals surface area contributed by atoms with Crippen LogP contribution in [0.2, 0.25) is 0 Å². The lowest BCUT2D eigenvalue weighted by atomic mass is 9.92. The van der Waals surface area contributed by atoms with E-state index < -0.39 is 5.97 Å². The normalized spacial score (nSPS) is 11.2. The Balaban J connectivity index is 1.83. The van der Waals surface area contributed by atoms with Gasteiger partial charge in [0.05, 0.1) is 12.7 Å². The second-order valence-corrected chi connectivity index (χ2v) is 7.28. The molecule has 31 heavy (non-hydrogen) atoms. The fourth-order valence-electron chi connectivity index (χ4n) is 3.91. The van der Waals surface area contributed by atoms with E-state index in [0.29, 0.717) is 11.3 Å². The predicted octanol–water partition coefficient (Wildman–Crippen LogP) is 5.56. The van der Waals surface area contributed by atoms with Gasteiger partial charge < -0.3 is 15.5 Å². The van der Waals surface area contributed by atoms with Crippen LogP contribution in [0.1, 0.15) is 10.4 Å². The summed E-state index contributed by atoms with van der Waals surface area (Å²) in [5, 5.41) is 1.85. The highest BCUT2D eigenvalue weighted by Gasteiger charge is 2.18. The number of aromatic amines is 1. The third-order valence-electron chi connectivity index (χ3n) is 5.39. The first-order valence-electron chi connectivity index (χ1n) is 9.70. The van der Waals surface area contributed by atoms with Gasteiger partial charge in [-0.15, -0.1) is 0 Å². The van der Waals surface area contributed by atoms with Crippen molar-refractivity contribution in [3.63, 3.8) is 0 Å². The van der Waals surface area contributed by atoms with Crippen LogP contribution in [-0.2, 0) is 4.74 Å². The van der Waals surface area contributed by atoms with Crippen LogP contribution in [-0.4, -0.2) is 23.0 Å². The molecule has 0 saturated heterocycles. The van der Waals surface area contributed by atoms with Crippen LogP contribution >= 0.6 is 0 Å². The molecular weight excluding hydrogens is 393 g/mol. The Morgan fingerprint density at radius 2 is 1.71 bits per heavy atom. The number of H-pyrrole nitrogens is 1. The van der Waals surface area contributed by atoms with E-state index in [1.54, 1.807) is 30.5 Å². The molecule has 2 aromatic heterocycles. The quantitative estimate of drug-likeness (QED) is 0.301. The van der Waals surface area contributed by atoms with Crippen molar-refractivity contribution in [1.29, 1.82) is 0 Å². The minimum absolute atomic E-state index is 0.304. The van der Waals surface area contributed by atoms with Crippen LogP contribution in [0.5, 0.6) is 0 Å². The van der Waals surface area contributed by atoms with Gasteiger partial charge in [-0.1, -0.05) is 24.3 Å². The molecule has 0 bridgehead atoms. The molecular formula is C25H18FN3O2. The Bertz CT molecular complexity index is 1440. The number of pyridine rings is 1. The smallest absolute Gasteiger partial charge is 0.337 e. The average molecular weight is 411 g/mol. The van der Waals surface area contributed by atoms with E-state index in [2.05, 4.69) is 9.97 Å². The molecule has 5 rings (SSSR count). The highest BCUT2D eigenvalue weighted by Crippen LogP contribution is 2.41. The van der Waals surface area contributed by atoms with Crippen molar-refractivity contribution in [2.45, 2.75) is 0 Å². The summed E-state index contributed by atoms with van der Waals surface area (Å²) in [7, 11) is 1.35. The highest BCUT2D eigenvalue weighted by molar-refractivity contribution is 6.16. The van der Waals surface area contributed by atoms with E-state index in [9.17, 15) is 9.18 Å². The van der Waals surface area contributed by atoms with Crippen molar-refractivity contribution < 1.29 is 13.9 Å². The van der Waals surface area contributed by atoms with E-state index in [-0.39, 0.29) is 5.82 Å². The fourth-order valence-corrected chi connectivity index (χ4v) is 3.91. The van der Waals surface area contributed by atoms with Crippen LogP contribution in [0, 0.1) is 5.82 Å². The lowest BCUT2D eigenvalue weighted by Crippen LogP contribution is -2.00. The van der Waals surface area contributed by atoms with Gasteiger partial charge in [0.25, 0.3) is 0 Å². The van der Waals surface area contributed by atoms with Crippen molar-refractivity contribution in [3.05, 3.63) is 84.3 Å². The number of benzene rings is 3. The van der Waals surface area contributed by atoms with Crippen LogP contribution in [0.25, 0.3) is 44.2 Å². The number of carbonyl (C=O) groups excluding carboxylic acids is 1. The Hall–Kier alpha value is -4.19. The maximum Gasteiger partial charge on any atom is 0.337 e. The summed E-state index contributed by atoms with van der Waals surface area (Å²) < 4.78 is 18.5. The topological polar surface area (TPSA) is 81.0 Å². The number of aromatic nitrogens is 2. The minimum atomic E-state index is -0.397. The molecule has 152 valence electrons. The number of nitrogens with zero attached hydrogens (tertiary/aromatic N) is 1. The van der Waals surface area contributed by atoms with Crippen LogP contribution in [0.4, 0.5) is 10.1 Å². The number of carbonyl (C=O) groups is 1. The first-order valence-corrected chi connectivity index (χ1v) is 9.70. The van der Waals surface area contributed by atoms with Crippen molar-refractivity contribution in [2.75, 3.05) is 12.8 Å². The number of rotatable bonds is 3. The van der Waals surface area contributed by atoms with Gasteiger partial charge in [-0.05, 0) is 53.6 Å². The summed E-state index contributed by atoms with van der Waals surface area (Å²) in [6.07, 6.45) is 1.78. The van der Waals surface area contributed by atoms with Crippen molar-refractivity contribution in [2.24, 2.45) is 0 Å². The molecule has 6 heteroatoms. The van der Waals surface area contributed by atoms with Crippen molar-refractivity contribution in [3.8, 4) is 22.3 Å². The van der Waals surface area contributed by atoms with Gasteiger partial charge in [0.1, 0.15) is 11.5 Å². The molecule has 0 radical (unpaired) electrons. The molecule has 5 nitrogen and oxygen atoms in total. The summed E-state index contributed by atoms with van der Waals surface area (Å²) in [4.78, 5) is 19.8. The zero-order valence-corrected chi connectivity index (χ0v) is 16.6. The summed E-state index contributed by atoms with van der Waals surface area (Å²) >= 11 is 0. The van der Waals surface area contributed by atoms with E-state index in [1.807, 2.05) is 30.3 Å². The number of anilines is 1. The fraction of sp³-hybridized carbons (Fsp3) is 0.0400. The second-order valence-electron chi connectivity index (χ2n) is 7.28. The molecule has 0 atom stereocenters. The maximum atomic E-state index is 13.7. The van der Waals surface area contributed by atoms with Gasteiger partial charge in [0, 0.05) is 39.3 Å². The molecule has 0 amide bonds. The predicted molar refractivity (Wildman–Crippen MR) is 120 cm³/mol. The number of nitrogen functional groups attached to an aromatic ring is 1. The van der Waals surface area contributed by atoms with E-state index in [0.717, 1.165) is 44.2 Å². The SMILES string of the molecule is COC(=O)c1ccc(-c2cnc3[nH]c4ccc(N)cc4c3c2-c2ccc(F)cc2)cc1. The largest absolute Gasteiger partial charge is 0.465 e. The monoisotopic (exact) mass is 411 g/mol. The van der Waals surface area contributed by atoms with Gasteiger partial charge in [0.2, 0.25) is 0 Å². The number of fused-ring (bicyclic) bond motifs is 3. The minimum Gasteiger partial charge on any atom is -0.465 e. The number of ether oxygens (including phenoxy) is 1. The maximum absolute atomic E-state index is 13.7. The second kappa shape index (κ2) is 7.25. The lowest BCUT2D eigenvalue weighted by molar-refractivity contribution is 0.0601. The zero-order valence-electron chi connectivity index (χ0n) is 16.6. The van der Waals surface area contributed by atoms with Gasteiger partial charge >= 0.3 is 5.97 Å². The molecule has 0 unspecified atom stereocenters. The first-order chi connectivity index (χ1) is 15.0. The first kappa shape index (κ1) is 18.8. The summed E-state index contributed by atoms with van der Waals surface area (Å²) in [5.41, 5.74) is 12.3. The number of nitrogens with two attached hydrogens (primary N) is 1.